The molecule has 1 saturated heterocycles. The van der Waals surface area contributed by atoms with Crippen molar-refractivity contribution in [2.24, 2.45) is 0 Å². The van der Waals surface area contributed by atoms with Gasteiger partial charge in [0, 0.05) is 25.7 Å². The molecule has 238 valence electrons. The zero-order valence-electron chi connectivity index (χ0n) is 25.4. The summed E-state index contributed by atoms with van der Waals surface area (Å²) in [6.07, 6.45) is 4.63. The number of nitrogens with one attached hydrogen (secondary N) is 2. The molecule has 0 spiro atoms. The lowest BCUT2D eigenvalue weighted by Crippen LogP contribution is -2.59. The summed E-state index contributed by atoms with van der Waals surface area (Å²) < 4.78 is 38.4. The number of esters is 1. The molecule has 4 amide bonds. The number of nitriles is 1. The number of benzene rings is 2. The van der Waals surface area contributed by atoms with Crippen LogP contribution in [-0.4, -0.2) is 73.8 Å². The summed E-state index contributed by atoms with van der Waals surface area (Å²) in [7, 11) is 2.51. The van der Waals surface area contributed by atoms with Crippen molar-refractivity contribution in [3.05, 3.63) is 82.6 Å². The Hall–Kier alpha value is -4.34. The van der Waals surface area contributed by atoms with Crippen LogP contribution in [0.4, 0.5) is 18.4 Å². The van der Waals surface area contributed by atoms with Crippen LogP contribution in [0.25, 0.3) is 0 Å². The van der Waals surface area contributed by atoms with Crippen molar-refractivity contribution in [1.29, 1.82) is 5.26 Å². The van der Waals surface area contributed by atoms with Crippen molar-refractivity contribution in [2.75, 3.05) is 33.9 Å². The molecule has 0 aromatic heterocycles. The summed E-state index contributed by atoms with van der Waals surface area (Å²) in [4.78, 5) is 43.3. The molecule has 10 nitrogen and oxygen atoms in total. The van der Waals surface area contributed by atoms with Crippen LogP contribution in [-0.2, 0) is 19.7 Å². The van der Waals surface area contributed by atoms with E-state index >= 15 is 0 Å². The van der Waals surface area contributed by atoms with Gasteiger partial charge >= 0.3 is 18.0 Å². The molecule has 2 heterocycles. The van der Waals surface area contributed by atoms with Crippen molar-refractivity contribution in [3.63, 3.8) is 0 Å². The van der Waals surface area contributed by atoms with Crippen LogP contribution in [0, 0.1) is 23.0 Å². The molecule has 1 aliphatic carbocycles. The van der Waals surface area contributed by atoms with Gasteiger partial charge in [-0.1, -0.05) is 36.4 Å². The number of hydrogen-bond acceptors (Lipinski definition) is 7. The van der Waals surface area contributed by atoms with Gasteiger partial charge in [0.2, 0.25) is 0 Å². The molecular weight excluding hydrogens is 584 g/mol. The maximum atomic E-state index is 14.4. The first kappa shape index (κ1) is 32.1. The Morgan fingerprint density at radius 1 is 1.09 bits per heavy atom. The number of urea groups is 2. The molecule has 3 aliphatic rings. The first-order chi connectivity index (χ1) is 21.7. The Labute approximate surface area is 260 Å². The van der Waals surface area contributed by atoms with Crippen LogP contribution in [0.3, 0.4) is 0 Å². The number of likely N-dealkylation sites (tertiary alicyclic amines) is 1. The van der Waals surface area contributed by atoms with Gasteiger partial charge in [-0.25, -0.2) is 28.1 Å². The fraction of sp³-hybridized carbons (Fsp3) is 0.455. The summed E-state index contributed by atoms with van der Waals surface area (Å²) in [6.45, 7) is 1.20. The smallest absolute Gasteiger partial charge is 0.338 e. The van der Waals surface area contributed by atoms with Gasteiger partial charge in [-0.2, -0.15) is 5.26 Å². The molecule has 1 unspecified atom stereocenters. The van der Waals surface area contributed by atoms with Gasteiger partial charge in [0.05, 0.1) is 36.5 Å². The molecule has 2 atom stereocenters. The van der Waals surface area contributed by atoms with Crippen LogP contribution in [0.5, 0.6) is 0 Å². The Morgan fingerprint density at radius 2 is 1.82 bits per heavy atom. The standard InChI is InChI=1S/C33H37F2N5O5/c1-44-19-27-28(30(41)45-2)29(21-10-11-25(34)26(35)17-21)40(32(43)38-27)31(42)37-23-9-6-16-39(18-23)24-12-14-33(20-36,15-13-24)22-7-4-3-5-8-22/h3-5,7-8,10-11,17,23-24,29H,6,9,12-16,18-19H2,1-2H3,(H,37,42)(H,38,43)/t23?,24?,29-,33?/m0/s1. The minimum Gasteiger partial charge on any atom is -0.466 e. The topological polar surface area (TPSA) is 124 Å². The zero-order chi connectivity index (χ0) is 32.1. The Morgan fingerprint density at radius 3 is 2.47 bits per heavy atom. The van der Waals surface area contributed by atoms with E-state index in [1.807, 2.05) is 30.3 Å². The molecule has 1 saturated carbocycles. The number of rotatable bonds is 7. The van der Waals surface area contributed by atoms with Crippen molar-refractivity contribution in [2.45, 2.75) is 62.1 Å². The van der Waals surface area contributed by atoms with Crippen molar-refractivity contribution in [1.82, 2.24) is 20.4 Å². The molecule has 5 rings (SSSR count). The second kappa shape index (κ2) is 13.7. The minimum absolute atomic E-state index is 0.0137. The Kier molecular flexibility index (Phi) is 9.80. The van der Waals surface area contributed by atoms with Crippen molar-refractivity contribution in [3.8, 4) is 6.07 Å². The molecule has 0 radical (unpaired) electrons. The third-order valence-electron chi connectivity index (χ3n) is 9.15. The van der Waals surface area contributed by atoms with E-state index in [4.69, 9.17) is 9.47 Å². The van der Waals surface area contributed by atoms with Gasteiger partial charge in [-0.05, 0) is 68.3 Å². The van der Waals surface area contributed by atoms with Gasteiger partial charge < -0.3 is 20.1 Å². The Bertz CT molecular complexity index is 1500. The highest BCUT2D eigenvalue weighted by molar-refractivity contribution is 6.01. The van der Waals surface area contributed by atoms with E-state index in [2.05, 4.69) is 21.6 Å². The predicted molar refractivity (Wildman–Crippen MR) is 160 cm³/mol. The average Bonchev–Trinajstić information content (AvgIpc) is 3.06. The van der Waals surface area contributed by atoms with Crippen LogP contribution in [0.2, 0.25) is 0 Å². The number of halogens is 2. The molecule has 0 bridgehead atoms. The number of carbonyl (C=O) groups is 3. The summed E-state index contributed by atoms with van der Waals surface area (Å²) in [5.41, 5.74) is 0.466. The molecular formula is C33H37F2N5O5. The lowest BCUT2D eigenvalue weighted by Gasteiger charge is -2.44. The third kappa shape index (κ3) is 6.55. The highest BCUT2D eigenvalue weighted by Gasteiger charge is 2.44. The quantitative estimate of drug-likeness (QED) is 0.430. The molecule has 2 fully saturated rings. The monoisotopic (exact) mass is 621 g/mol. The van der Waals surface area contributed by atoms with Crippen molar-refractivity contribution >= 4 is 18.0 Å². The lowest BCUT2D eigenvalue weighted by molar-refractivity contribution is -0.137. The minimum atomic E-state index is -1.40. The highest BCUT2D eigenvalue weighted by atomic mass is 19.2. The third-order valence-corrected chi connectivity index (χ3v) is 9.15. The van der Waals surface area contributed by atoms with E-state index in [9.17, 15) is 28.4 Å². The van der Waals surface area contributed by atoms with E-state index < -0.39 is 41.1 Å². The maximum absolute atomic E-state index is 14.4. The number of amides is 4. The highest BCUT2D eigenvalue weighted by Crippen LogP contribution is 2.41. The van der Waals surface area contributed by atoms with Crippen LogP contribution < -0.4 is 10.6 Å². The Balaban J connectivity index is 1.34. The molecule has 2 aromatic rings. The molecule has 45 heavy (non-hydrogen) atoms. The van der Waals surface area contributed by atoms with Gasteiger partial charge in [0.15, 0.2) is 11.6 Å². The first-order valence-electron chi connectivity index (χ1n) is 15.1. The average molecular weight is 622 g/mol. The van der Waals surface area contributed by atoms with E-state index in [1.165, 1.54) is 13.2 Å². The molecule has 2 aliphatic heterocycles. The zero-order valence-corrected chi connectivity index (χ0v) is 25.4. The molecule has 2 aromatic carbocycles. The number of ether oxygens (including phenoxy) is 2. The van der Waals surface area contributed by atoms with Crippen molar-refractivity contribution < 1.29 is 32.6 Å². The SMILES string of the molecule is COCC1=C(C(=O)OC)[C@H](c2ccc(F)c(F)c2)N(C(=O)NC2CCCN(C3CCC(C#N)(c4ccccc4)CC3)C2)C(=O)N1. The van der Waals surface area contributed by atoms with Gasteiger partial charge in [0.25, 0.3) is 0 Å². The summed E-state index contributed by atoms with van der Waals surface area (Å²) in [5.74, 6) is -3.17. The second-order valence-corrected chi connectivity index (χ2v) is 11.8. The van der Waals surface area contributed by atoms with Crippen LogP contribution >= 0.6 is 0 Å². The normalized spacial score (nSPS) is 25.7. The number of carbonyl (C=O) groups excluding carboxylic acids is 3. The van der Waals surface area contributed by atoms with Crippen LogP contribution in [0.15, 0.2) is 59.8 Å². The second-order valence-electron chi connectivity index (χ2n) is 11.8. The number of methoxy groups -OCH3 is 2. The summed E-state index contributed by atoms with van der Waals surface area (Å²) >= 11 is 0. The van der Waals surface area contributed by atoms with Gasteiger partial charge in [-0.15, -0.1) is 0 Å². The maximum Gasteiger partial charge on any atom is 0.338 e. The first-order valence-corrected chi connectivity index (χ1v) is 15.1. The number of imide groups is 1. The van der Waals surface area contributed by atoms with Gasteiger partial charge in [0.1, 0.15) is 6.04 Å². The summed E-state index contributed by atoms with van der Waals surface area (Å²) in [5, 5.41) is 15.6. The lowest BCUT2D eigenvalue weighted by atomic mass is 9.69. The molecule has 12 heteroatoms. The number of hydrogen-bond donors (Lipinski definition) is 2. The van der Waals surface area contributed by atoms with E-state index in [0.717, 1.165) is 68.4 Å². The van der Waals surface area contributed by atoms with Gasteiger partial charge in [-0.3, -0.25) is 4.90 Å². The summed E-state index contributed by atoms with van der Waals surface area (Å²) in [6, 6.07) is 12.3. The predicted octanol–water partition coefficient (Wildman–Crippen LogP) is 4.68. The fourth-order valence-corrected chi connectivity index (χ4v) is 6.86. The van der Waals surface area contributed by atoms with E-state index in [1.54, 1.807) is 0 Å². The van der Waals surface area contributed by atoms with E-state index in [0.29, 0.717) is 13.0 Å². The molecule has 2 N–H and O–H groups in total. The number of piperidine rings is 1. The van der Waals surface area contributed by atoms with E-state index in [-0.39, 0.29) is 35.5 Å². The fourth-order valence-electron chi connectivity index (χ4n) is 6.86. The number of nitrogens with zero attached hydrogens (tertiary/aromatic N) is 3. The largest absolute Gasteiger partial charge is 0.466 e. The van der Waals surface area contributed by atoms with Crippen LogP contribution in [0.1, 0.15) is 55.7 Å².